The number of thioether (sulfide) groups is 1. The Kier molecular flexibility index (Phi) is 8.77. The molecule has 1 amide bonds. The molecule has 0 heterocycles. The molecule has 0 radical (unpaired) electrons. The highest BCUT2D eigenvalue weighted by Crippen LogP contribution is 2.31. The maximum atomic E-state index is 12.6. The van der Waals surface area contributed by atoms with Crippen molar-refractivity contribution in [3.05, 3.63) is 23.2 Å². The molecule has 0 saturated heterocycles. The Morgan fingerprint density at radius 3 is 2.61 bits per heavy atom. The second-order valence-corrected chi connectivity index (χ2v) is 10.7. The number of sulfonamides is 1. The van der Waals surface area contributed by atoms with Gasteiger partial charge in [0.2, 0.25) is 15.9 Å². The number of ether oxygens (including phenoxy) is 1. The predicted molar refractivity (Wildman–Crippen MR) is 117 cm³/mol. The van der Waals surface area contributed by atoms with E-state index in [1.807, 2.05) is 11.8 Å². The molecule has 0 aliphatic heterocycles. The molecule has 2 rings (SSSR count). The molecule has 1 saturated carbocycles. The molecule has 1 aliphatic rings. The van der Waals surface area contributed by atoms with Gasteiger partial charge in [-0.3, -0.25) is 9.10 Å². The van der Waals surface area contributed by atoms with Crippen LogP contribution in [0.2, 0.25) is 5.02 Å². The van der Waals surface area contributed by atoms with Crippen molar-refractivity contribution in [3.8, 4) is 5.75 Å². The lowest BCUT2D eigenvalue weighted by atomic mass is 10.0. The average Bonchev–Trinajstić information content (AvgIpc) is 2.65. The smallest absolute Gasteiger partial charge is 0.243 e. The van der Waals surface area contributed by atoms with E-state index >= 15 is 0 Å². The summed E-state index contributed by atoms with van der Waals surface area (Å²) < 4.78 is 30.9. The summed E-state index contributed by atoms with van der Waals surface area (Å²) >= 11 is 8.02. The predicted octanol–water partition coefficient (Wildman–Crippen LogP) is 3.69. The standard InChI is InChI=1S/C19H29ClN2O4S2/c1-14(19(23)21-11-12-27-16-7-5-4-6-8-16)22(28(3,24)25)15-9-10-18(26-2)17(20)13-15/h9-10,13-14,16H,4-8,11-12H2,1-3H3,(H,21,23)/t14-/m0/s1. The summed E-state index contributed by atoms with van der Waals surface area (Å²) in [5.74, 6) is 0.938. The van der Waals surface area contributed by atoms with Gasteiger partial charge in [-0.15, -0.1) is 0 Å². The summed E-state index contributed by atoms with van der Waals surface area (Å²) in [6, 6.07) is 3.76. The second kappa shape index (κ2) is 10.6. The molecule has 1 aliphatic carbocycles. The van der Waals surface area contributed by atoms with Gasteiger partial charge in [-0.1, -0.05) is 30.9 Å². The van der Waals surface area contributed by atoms with E-state index in [-0.39, 0.29) is 10.9 Å². The molecule has 158 valence electrons. The molecular weight excluding hydrogens is 420 g/mol. The van der Waals surface area contributed by atoms with Crippen molar-refractivity contribution < 1.29 is 17.9 Å². The fourth-order valence-corrected chi connectivity index (χ4v) is 6.02. The molecule has 0 aromatic heterocycles. The zero-order valence-corrected chi connectivity index (χ0v) is 19.0. The second-order valence-electron chi connectivity index (χ2n) is 6.98. The van der Waals surface area contributed by atoms with E-state index < -0.39 is 16.1 Å². The Balaban J connectivity index is 1.99. The minimum absolute atomic E-state index is 0.283. The van der Waals surface area contributed by atoms with Crippen LogP contribution in [0, 0.1) is 0 Å². The maximum Gasteiger partial charge on any atom is 0.243 e. The summed E-state index contributed by atoms with van der Waals surface area (Å²) in [4.78, 5) is 12.6. The van der Waals surface area contributed by atoms with Crippen LogP contribution in [0.15, 0.2) is 18.2 Å². The molecule has 0 bridgehead atoms. The minimum atomic E-state index is -3.68. The van der Waals surface area contributed by atoms with Gasteiger partial charge in [0.1, 0.15) is 11.8 Å². The van der Waals surface area contributed by atoms with Gasteiger partial charge in [0, 0.05) is 17.5 Å². The van der Waals surface area contributed by atoms with Crippen LogP contribution in [0.1, 0.15) is 39.0 Å². The number of methoxy groups -OCH3 is 1. The van der Waals surface area contributed by atoms with Crippen molar-refractivity contribution in [1.82, 2.24) is 5.32 Å². The van der Waals surface area contributed by atoms with E-state index in [0.29, 0.717) is 23.2 Å². The lowest BCUT2D eigenvalue weighted by Gasteiger charge is -2.28. The average molecular weight is 449 g/mol. The number of halogens is 1. The first-order valence-corrected chi connectivity index (χ1v) is 12.7. The fraction of sp³-hybridized carbons (Fsp3) is 0.632. The SMILES string of the molecule is COc1ccc(N([C@@H](C)C(=O)NCCSC2CCCCC2)S(C)(=O)=O)cc1Cl. The maximum absolute atomic E-state index is 12.6. The summed E-state index contributed by atoms with van der Waals surface area (Å²) in [5.41, 5.74) is 0.326. The Hall–Kier alpha value is -1.12. The van der Waals surface area contributed by atoms with E-state index in [2.05, 4.69) is 5.32 Å². The summed E-state index contributed by atoms with van der Waals surface area (Å²) in [5, 5.41) is 3.82. The normalized spacial score (nSPS) is 16.4. The highest BCUT2D eigenvalue weighted by molar-refractivity contribution is 7.99. The number of hydrogen-bond donors (Lipinski definition) is 1. The van der Waals surface area contributed by atoms with E-state index in [9.17, 15) is 13.2 Å². The van der Waals surface area contributed by atoms with Crippen LogP contribution in [0.5, 0.6) is 5.75 Å². The van der Waals surface area contributed by atoms with Crippen molar-refractivity contribution in [2.24, 2.45) is 0 Å². The molecule has 9 heteroatoms. The number of carbonyl (C=O) groups excluding carboxylic acids is 1. The van der Waals surface area contributed by atoms with Crippen molar-refractivity contribution in [1.29, 1.82) is 0 Å². The fourth-order valence-electron chi connectivity index (χ4n) is 3.38. The van der Waals surface area contributed by atoms with Crippen molar-refractivity contribution in [3.63, 3.8) is 0 Å². The largest absolute Gasteiger partial charge is 0.495 e. The first-order chi connectivity index (χ1) is 13.2. The Labute approximate surface area is 177 Å². The molecule has 1 fully saturated rings. The number of hydrogen-bond acceptors (Lipinski definition) is 5. The van der Waals surface area contributed by atoms with Crippen LogP contribution in [-0.2, 0) is 14.8 Å². The third-order valence-corrected chi connectivity index (χ3v) is 7.71. The molecule has 1 N–H and O–H groups in total. The van der Waals surface area contributed by atoms with Gasteiger partial charge in [0.25, 0.3) is 0 Å². The van der Waals surface area contributed by atoms with Gasteiger partial charge in [-0.2, -0.15) is 11.8 Å². The van der Waals surface area contributed by atoms with Gasteiger partial charge in [0.15, 0.2) is 0 Å². The molecule has 0 spiro atoms. The number of nitrogens with one attached hydrogen (secondary N) is 1. The molecule has 1 atom stereocenters. The number of carbonyl (C=O) groups is 1. The van der Waals surface area contributed by atoms with Crippen molar-refractivity contribution >= 4 is 45.0 Å². The van der Waals surface area contributed by atoms with Gasteiger partial charge in [-0.25, -0.2) is 8.42 Å². The van der Waals surface area contributed by atoms with E-state index in [1.165, 1.54) is 45.3 Å². The van der Waals surface area contributed by atoms with Crippen LogP contribution in [0.4, 0.5) is 5.69 Å². The van der Waals surface area contributed by atoms with Gasteiger partial charge < -0.3 is 10.1 Å². The highest BCUT2D eigenvalue weighted by atomic mass is 35.5. The number of anilines is 1. The van der Waals surface area contributed by atoms with E-state index in [0.717, 1.165) is 16.3 Å². The molecule has 6 nitrogen and oxygen atoms in total. The molecule has 1 aromatic carbocycles. The quantitative estimate of drug-likeness (QED) is 0.583. The zero-order valence-electron chi connectivity index (χ0n) is 16.6. The van der Waals surface area contributed by atoms with E-state index in [1.54, 1.807) is 19.1 Å². The van der Waals surface area contributed by atoms with Crippen LogP contribution < -0.4 is 14.4 Å². The lowest BCUT2D eigenvalue weighted by molar-refractivity contribution is -0.121. The van der Waals surface area contributed by atoms with Crippen LogP contribution in [0.3, 0.4) is 0 Å². The third kappa shape index (κ3) is 6.46. The summed E-state index contributed by atoms with van der Waals surface area (Å²) in [6.07, 6.45) is 7.46. The monoisotopic (exact) mass is 448 g/mol. The van der Waals surface area contributed by atoms with Crippen molar-refractivity contribution in [2.75, 3.05) is 30.0 Å². The Morgan fingerprint density at radius 1 is 1.36 bits per heavy atom. The Bertz CT molecular complexity index is 767. The lowest BCUT2D eigenvalue weighted by Crippen LogP contribution is -2.48. The minimum Gasteiger partial charge on any atom is -0.495 e. The third-order valence-electron chi connectivity index (χ3n) is 4.79. The zero-order chi connectivity index (χ0) is 20.7. The van der Waals surface area contributed by atoms with Gasteiger partial charge in [0.05, 0.1) is 24.1 Å². The molecule has 1 aromatic rings. The first-order valence-electron chi connectivity index (χ1n) is 9.46. The summed E-state index contributed by atoms with van der Waals surface area (Å²) in [6.45, 7) is 2.09. The number of benzene rings is 1. The Morgan fingerprint density at radius 2 is 2.04 bits per heavy atom. The topological polar surface area (TPSA) is 75.7 Å². The van der Waals surface area contributed by atoms with Crippen LogP contribution in [-0.4, -0.2) is 51.3 Å². The van der Waals surface area contributed by atoms with Crippen LogP contribution in [0.25, 0.3) is 0 Å². The van der Waals surface area contributed by atoms with Gasteiger partial charge in [-0.05, 0) is 38.0 Å². The first kappa shape index (κ1) is 23.2. The van der Waals surface area contributed by atoms with Crippen molar-refractivity contribution in [2.45, 2.75) is 50.3 Å². The molecule has 28 heavy (non-hydrogen) atoms. The number of nitrogens with zero attached hydrogens (tertiary/aromatic N) is 1. The van der Waals surface area contributed by atoms with E-state index in [4.69, 9.17) is 16.3 Å². The highest BCUT2D eigenvalue weighted by Gasteiger charge is 2.29. The number of rotatable bonds is 9. The van der Waals surface area contributed by atoms with Crippen LogP contribution >= 0.6 is 23.4 Å². The summed E-state index contributed by atoms with van der Waals surface area (Å²) in [7, 11) is -2.20. The number of amides is 1. The molecule has 0 unspecified atom stereocenters. The molecular formula is C19H29ClN2O4S2. The van der Waals surface area contributed by atoms with Gasteiger partial charge >= 0.3 is 0 Å².